The van der Waals surface area contributed by atoms with E-state index in [0.29, 0.717) is 22.5 Å². The van der Waals surface area contributed by atoms with Crippen molar-refractivity contribution in [2.24, 2.45) is 0 Å². The largest absolute Gasteiger partial charge is 0.305 e. The van der Waals surface area contributed by atoms with Gasteiger partial charge in [-0.1, -0.05) is 133 Å². The van der Waals surface area contributed by atoms with E-state index in [1.165, 1.54) is 48.5 Å². The van der Waals surface area contributed by atoms with Crippen molar-refractivity contribution < 1.29 is 26.3 Å². The molecule has 2 nitrogen and oxygen atoms in total. The smallest absolute Gasteiger partial charge is 0.147 e. The summed E-state index contributed by atoms with van der Waals surface area (Å²) in [7, 11) is 0. The SMILES string of the molecule is Fc1cccc(-c2ccc(-c3ccc(F)c(N(c4cc5ccc6cc(N(c7ccccc7F)c7cc(-c8ccc(-c9cccc(F)c9)cc8)ccc7F)cc7ccc(c4)c5c67)c4ccccc4F)c3)cc2)c1. The van der Waals surface area contributed by atoms with E-state index in [1.807, 2.05) is 109 Å². The van der Waals surface area contributed by atoms with Gasteiger partial charge >= 0.3 is 0 Å². The molecule has 8 heteroatoms. The van der Waals surface area contributed by atoms with Gasteiger partial charge in [0.2, 0.25) is 0 Å². The zero-order chi connectivity index (χ0) is 49.0. The number of nitrogens with zero attached hydrogens (tertiary/aromatic N) is 2. The number of benzene rings is 12. The molecule has 0 aliphatic heterocycles. The van der Waals surface area contributed by atoms with E-state index >= 15 is 17.6 Å². The molecule has 0 heterocycles. The fourth-order valence-corrected chi connectivity index (χ4v) is 9.92. The molecule has 0 spiro atoms. The highest BCUT2D eigenvalue weighted by Gasteiger charge is 2.25. The molecule has 0 unspecified atom stereocenters. The van der Waals surface area contributed by atoms with Gasteiger partial charge in [0.15, 0.2) is 0 Å². The predicted octanol–water partition coefficient (Wildman–Crippen LogP) is 19.0. The second-order valence-corrected chi connectivity index (χ2v) is 17.7. The molecular formula is C64H38F6N2. The average Bonchev–Trinajstić information content (AvgIpc) is 3.40. The van der Waals surface area contributed by atoms with E-state index in [4.69, 9.17) is 0 Å². The Labute approximate surface area is 410 Å². The van der Waals surface area contributed by atoms with Gasteiger partial charge in [-0.25, -0.2) is 26.3 Å². The van der Waals surface area contributed by atoms with Gasteiger partial charge < -0.3 is 9.80 Å². The van der Waals surface area contributed by atoms with Crippen LogP contribution in [0.4, 0.5) is 60.5 Å². The van der Waals surface area contributed by atoms with Crippen LogP contribution in [-0.4, -0.2) is 0 Å². The molecule has 12 aromatic rings. The minimum absolute atomic E-state index is 0.134. The Morgan fingerprint density at radius 1 is 0.222 bits per heavy atom. The lowest BCUT2D eigenvalue weighted by atomic mass is 9.92. The highest BCUT2D eigenvalue weighted by atomic mass is 19.1. The summed E-state index contributed by atoms with van der Waals surface area (Å²) < 4.78 is 92.9. The van der Waals surface area contributed by atoms with Crippen LogP contribution in [0.25, 0.3) is 76.8 Å². The normalized spacial score (nSPS) is 11.5. The van der Waals surface area contributed by atoms with E-state index < -0.39 is 23.3 Å². The molecule has 0 bridgehead atoms. The zero-order valence-corrected chi connectivity index (χ0v) is 38.1. The van der Waals surface area contributed by atoms with Gasteiger partial charge in [-0.3, -0.25) is 0 Å². The van der Waals surface area contributed by atoms with Crippen LogP contribution in [-0.2, 0) is 0 Å². The Kier molecular flexibility index (Phi) is 11.0. The van der Waals surface area contributed by atoms with E-state index in [2.05, 4.69) is 0 Å². The summed E-state index contributed by atoms with van der Waals surface area (Å²) in [5, 5.41) is 5.07. The van der Waals surface area contributed by atoms with Gasteiger partial charge in [-0.15, -0.1) is 0 Å². The maximum Gasteiger partial charge on any atom is 0.147 e. The fourth-order valence-electron chi connectivity index (χ4n) is 9.92. The molecule has 0 saturated carbocycles. The Hall–Kier alpha value is -9.14. The first-order valence-electron chi connectivity index (χ1n) is 23.3. The summed E-state index contributed by atoms with van der Waals surface area (Å²) >= 11 is 0. The first-order chi connectivity index (χ1) is 35.1. The summed E-state index contributed by atoms with van der Waals surface area (Å²) in [5.41, 5.74) is 7.68. The van der Waals surface area contributed by atoms with Gasteiger partial charge in [0.25, 0.3) is 0 Å². The monoisotopic (exact) mass is 948 g/mol. The number of halogens is 6. The number of hydrogen-bond acceptors (Lipinski definition) is 2. The van der Waals surface area contributed by atoms with E-state index in [-0.39, 0.29) is 34.4 Å². The highest BCUT2D eigenvalue weighted by Crippen LogP contribution is 2.47. The van der Waals surface area contributed by atoms with Crippen LogP contribution >= 0.6 is 0 Å². The topological polar surface area (TPSA) is 6.48 Å². The minimum atomic E-state index is -0.559. The van der Waals surface area contributed by atoms with Gasteiger partial charge in [0, 0.05) is 11.4 Å². The molecule has 0 radical (unpaired) electrons. The molecule has 12 rings (SSSR count). The van der Waals surface area contributed by atoms with Crippen LogP contribution in [0.3, 0.4) is 0 Å². The standard InChI is InChI=1S/C64H38F6N2/c65-51-9-5-7-43(31-51)39-15-19-41(20-16-39)45-27-29-57(69)61(37-45)71(59-13-3-1-11-55(59)67)53-33-47-23-25-49-35-54(36-50-26-24-48(34-53)63(47)64(49)50)72(60-14-4-2-12-56(60)68)62-38-46(28-30-58(62)70)42-21-17-40(18-22-42)44-8-6-10-52(66)32-44/h1-38H. The number of para-hydroxylation sites is 2. The minimum Gasteiger partial charge on any atom is -0.305 e. The Morgan fingerprint density at radius 2 is 0.528 bits per heavy atom. The molecule has 12 aromatic carbocycles. The molecule has 72 heavy (non-hydrogen) atoms. The van der Waals surface area contributed by atoms with E-state index in [1.54, 1.807) is 82.6 Å². The number of anilines is 6. The molecule has 0 aliphatic carbocycles. The maximum atomic E-state index is 16.4. The van der Waals surface area contributed by atoms with Crippen molar-refractivity contribution in [3.63, 3.8) is 0 Å². The molecule has 0 aromatic heterocycles. The average molecular weight is 949 g/mol. The van der Waals surface area contributed by atoms with Crippen molar-refractivity contribution in [2.45, 2.75) is 0 Å². The van der Waals surface area contributed by atoms with Gasteiger partial charge in [-0.2, -0.15) is 0 Å². The Bertz CT molecular complexity index is 3690. The van der Waals surface area contributed by atoms with Crippen LogP contribution in [0.2, 0.25) is 0 Å². The van der Waals surface area contributed by atoms with Crippen molar-refractivity contribution >= 4 is 66.4 Å². The maximum absolute atomic E-state index is 16.4. The van der Waals surface area contributed by atoms with Gasteiger partial charge in [0.1, 0.15) is 34.9 Å². The summed E-state index contributed by atoms with van der Waals surface area (Å²) in [6, 6.07) is 65.3. The molecule has 0 saturated heterocycles. The first kappa shape index (κ1) is 44.1. The third-order valence-electron chi connectivity index (χ3n) is 13.3. The first-order valence-corrected chi connectivity index (χ1v) is 23.3. The fraction of sp³-hybridized carbons (Fsp3) is 0. The van der Waals surface area contributed by atoms with Crippen LogP contribution in [0, 0.1) is 34.9 Å². The lowest BCUT2D eigenvalue weighted by molar-refractivity contribution is 0.619. The summed E-state index contributed by atoms with van der Waals surface area (Å²) in [6.45, 7) is 0. The molecular weight excluding hydrogens is 911 g/mol. The third kappa shape index (κ3) is 8.02. The Morgan fingerprint density at radius 3 is 0.861 bits per heavy atom. The number of hydrogen-bond donors (Lipinski definition) is 0. The van der Waals surface area contributed by atoms with Crippen molar-refractivity contribution in [1.29, 1.82) is 0 Å². The van der Waals surface area contributed by atoms with E-state index in [0.717, 1.165) is 65.7 Å². The quantitative estimate of drug-likeness (QED) is 0.0996. The molecule has 0 N–H and O–H groups in total. The summed E-state index contributed by atoms with van der Waals surface area (Å²) in [4.78, 5) is 3.19. The van der Waals surface area contributed by atoms with Crippen molar-refractivity contribution in [3.05, 3.63) is 265 Å². The van der Waals surface area contributed by atoms with Gasteiger partial charge in [-0.05, 0) is 174 Å². The third-order valence-corrected chi connectivity index (χ3v) is 13.3. The molecule has 0 amide bonds. The summed E-state index contributed by atoms with van der Waals surface area (Å²) in [5.74, 6) is -2.87. The Balaban J connectivity index is 0.953. The van der Waals surface area contributed by atoms with Crippen LogP contribution in [0.1, 0.15) is 0 Å². The predicted molar refractivity (Wildman–Crippen MR) is 281 cm³/mol. The van der Waals surface area contributed by atoms with Crippen LogP contribution in [0.5, 0.6) is 0 Å². The lowest BCUT2D eigenvalue weighted by Gasteiger charge is -2.28. The second-order valence-electron chi connectivity index (χ2n) is 17.7. The zero-order valence-electron chi connectivity index (χ0n) is 38.1. The van der Waals surface area contributed by atoms with E-state index in [9.17, 15) is 8.78 Å². The number of rotatable bonds is 10. The highest BCUT2D eigenvalue weighted by molar-refractivity contribution is 6.24. The lowest BCUT2D eigenvalue weighted by Crippen LogP contribution is -2.14. The van der Waals surface area contributed by atoms with Crippen molar-refractivity contribution in [3.8, 4) is 44.5 Å². The van der Waals surface area contributed by atoms with Gasteiger partial charge in [0.05, 0.1) is 22.7 Å². The molecule has 0 atom stereocenters. The summed E-state index contributed by atoms with van der Waals surface area (Å²) in [6.07, 6.45) is 0. The van der Waals surface area contributed by atoms with Crippen molar-refractivity contribution in [1.82, 2.24) is 0 Å². The van der Waals surface area contributed by atoms with Crippen molar-refractivity contribution in [2.75, 3.05) is 9.80 Å². The molecule has 346 valence electrons. The molecule has 0 fully saturated rings. The van der Waals surface area contributed by atoms with Crippen LogP contribution in [0.15, 0.2) is 231 Å². The second kappa shape index (κ2) is 18.0. The molecule has 0 aliphatic rings. The van der Waals surface area contributed by atoms with Crippen LogP contribution < -0.4 is 9.80 Å².